The number of ether oxygens (including phenoxy) is 1. The number of nitro benzene ring substituents is 1. The third-order valence-corrected chi connectivity index (χ3v) is 5.53. The molecule has 1 heterocycles. The topological polar surface area (TPSA) is 158 Å². The predicted molar refractivity (Wildman–Crippen MR) is 141 cm³/mol. The van der Waals surface area contributed by atoms with Gasteiger partial charge in [0.1, 0.15) is 0 Å². The molecule has 0 aromatic heterocycles. The lowest BCUT2D eigenvalue weighted by Crippen LogP contribution is -2.50. The Morgan fingerprint density at radius 2 is 1.73 bits per heavy atom. The molecule has 1 fully saturated rings. The number of rotatable bonds is 9. The number of carboxylic acids is 2. The Morgan fingerprint density at radius 3 is 2.25 bits per heavy atom. The van der Waals surface area contributed by atoms with Crippen molar-refractivity contribution >= 4 is 35.0 Å². The Labute approximate surface area is 227 Å². The summed E-state index contributed by atoms with van der Waals surface area (Å²) < 4.78 is 37.1. The van der Waals surface area contributed by atoms with Gasteiger partial charge in [-0.2, -0.15) is 13.2 Å². The second-order valence-corrected chi connectivity index (χ2v) is 8.32. The summed E-state index contributed by atoms with van der Waals surface area (Å²) in [6.07, 6.45) is -4.29. The number of halogens is 3. The van der Waals surface area contributed by atoms with E-state index in [9.17, 15) is 33.2 Å². The van der Waals surface area contributed by atoms with E-state index < -0.39 is 23.0 Å². The van der Waals surface area contributed by atoms with Gasteiger partial charge in [-0.25, -0.2) is 9.59 Å². The number of nitrogens with one attached hydrogen (secondary N) is 1. The van der Waals surface area contributed by atoms with Crippen LogP contribution < -0.4 is 10.2 Å². The van der Waals surface area contributed by atoms with E-state index in [0.717, 1.165) is 25.2 Å². The van der Waals surface area contributed by atoms with Gasteiger partial charge in [0, 0.05) is 69.4 Å². The van der Waals surface area contributed by atoms with E-state index in [1.54, 1.807) is 30.3 Å². The summed E-state index contributed by atoms with van der Waals surface area (Å²) in [5.74, 6) is -3.05. The third-order valence-electron chi connectivity index (χ3n) is 5.53. The van der Waals surface area contributed by atoms with Crippen LogP contribution in [0.5, 0.6) is 0 Å². The van der Waals surface area contributed by atoms with Gasteiger partial charge >= 0.3 is 18.1 Å². The molecule has 0 amide bonds. The number of guanidine groups is 1. The number of aromatic carboxylic acids is 1. The number of anilines is 2. The van der Waals surface area contributed by atoms with Crippen LogP contribution in [0.15, 0.2) is 53.5 Å². The van der Waals surface area contributed by atoms with E-state index >= 15 is 0 Å². The maximum Gasteiger partial charge on any atom is 0.490 e. The molecule has 1 aliphatic rings. The quantitative estimate of drug-likeness (QED) is 0.133. The Morgan fingerprint density at radius 1 is 1.10 bits per heavy atom. The SMILES string of the molecule is CCOCCCN=C(Nc1cccc(C(=O)O)c1)N1CCN(c2ccc([N+](=O)[O-])cc2)CC1.O=C(O)C(F)(F)F. The van der Waals surface area contributed by atoms with Gasteiger partial charge in [0.25, 0.3) is 5.69 Å². The Bertz CT molecular complexity index is 1170. The fourth-order valence-electron chi connectivity index (χ4n) is 3.54. The van der Waals surface area contributed by atoms with Crippen molar-refractivity contribution in [1.82, 2.24) is 4.90 Å². The zero-order valence-electron chi connectivity index (χ0n) is 21.6. The van der Waals surface area contributed by atoms with Crippen LogP contribution in [0.25, 0.3) is 0 Å². The number of nitrogens with zero attached hydrogens (tertiary/aromatic N) is 4. The molecule has 0 saturated carbocycles. The van der Waals surface area contributed by atoms with E-state index in [-0.39, 0.29) is 11.3 Å². The molecule has 0 bridgehead atoms. The average molecular weight is 570 g/mol. The lowest BCUT2D eigenvalue weighted by atomic mass is 10.2. The van der Waals surface area contributed by atoms with Gasteiger partial charge in [0.05, 0.1) is 10.5 Å². The molecule has 1 aliphatic heterocycles. The normalized spacial score (nSPS) is 13.8. The van der Waals surface area contributed by atoms with Crippen LogP contribution in [0.3, 0.4) is 0 Å². The molecule has 0 radical (unpaired) electrons. The van der Waals surface area contributed by atoms with Gasteiger partial charge < -0.3 is 30.1 Å². The standard InChI is InChI=1S/C23H29N5O5.C2HF3O2/c1-2-33-16-4-11-24-23(25-19-6-3-5-18(17-19)22(29)30)27-14-12-26(13-15-27)20-7-9-21(10-8-20)28(31)32;3-2(4,5)1(6)7/h3,5-10,17H,2,4,11-16H2,1H3,(H,24,25)(H,29,30);(H,6,7). The zero-order chi connectivity index (χ0) is 29.7. The van der Waals surface area contributed by atoms with Crippen molar-refractivity contribution in [3.8, 4) is 0 Å². The molecule has 15 heteroatoms. The molecule has 0 spiro atoms. The van der Waals surface area contributed by atoms with Crippen molar-refractivity contribution in [1.29, 1.82) is 0 Å². The number of aliphatic imine (C=N–C) groups is 1. The summed E-state index contributed by atoms with van der Waals surface area (Å²) in [5, 5.41) is 30.6. The van der Waals surface area contributed by atoms with Crippen molar-refractivity contribution in [2.75, 3.05) is 56.2 Å². The van der Waals surface area contributed by atoms with Gasteiger partial charge in [0.15, 0.2) is 5.96 Å². The average Bonchev–Trinajstić information content (AvgIpc) is 2.92. The van der Waals surface area contributed by atoms with Crippen LogP contribution in [0.1, 0.15) is 23.7 Å². The highest BCUT2D eigenvalue weighted by Crippen LogP contribution is 2.21. The first-order valence-electron chi connectivity index (χ1n) is 12.2. The molecule has 12 nitrogen and oxygen atoms in total. The lowest BCUT2D eigenvalue weighted by molar-refractivity contribution is -0.384. The second-order valence-electron chi connectivity index (χ2n) is 8.32. The van der Waals surface area contributed by atoms with Gasteiger partial charge in [-0.15, -0.1) is 0 Å². The predicted octanol–water partition coefficient (Wildman–Crippen LogP) is 3.94. The van der Waals surface area contributed by atoms with E-state index in [0.29, 0.717) is 44.5 Å². The summed E-state index contributed by atoms with van der Waals surface area (Å²) in [5.41, 5.74) is 1.89. The minimum absolute atomic E-state index is 0.0756. The van der Waals surface area contributed by atoms with Crippen LogP contribution >= 0.6 is 0 Å². The molecule has 2 aromatic rings. The number of piperazine rings is 1. The van der Waals surface area contributed by atoms with Crippen LogP contribution in [-0.4, -0.2) is 90.0 Å². The molecule has 3 N–H and O–H groups in total. The first-order valence-corrected chi connectivity index (χ1v) is 12.2. The van der Waals surface area contributed by atoms with Crippen LogP contribution in [0.2, 0.25) is 0 Å². The number of alkyl halides is 3. The second kappa shape index (κ2) is 15.3. The monoisotopic (exact) mass is 569 g/mol. The number of non-ortho nitro benzene ring substituents is 1. The largest absolute Gasteiger partial charge is 0.490 e. The smallest absolute Gasteiger partial charge is 0.478 e. The number of carboxylic acid groups (broad SMARTS) is 2. The summed E-state index contributed by atoms with van der Waals surface area (Å²) >= 11 is 0. The fraction of sp³-hybridized carbons (Fsp3) is 0.400. The Hall–Kier alpha value is -4.40. The highest BCUT2D eigenvalue weighted by molar-refractivity contribution is 5.96. The molecule has 1 saturated heterocycles. The first-order chi connectivity index (χ1) is 18.9. The van der Waals surface area contributed by atoms with Gasteiger partial charge in [0.2, 0.25) is 0 Å². The maximum atomic E-state index is 11.3. The van der Waals surface area contributed by atoms with E-state index in [4.69, 9.17) is 19.6 Å². The van der Waals surface area contributed by atoms with Gasteiger partial charge in [-0.1, -0.05) is 6.07 Å². The zero-order valence-corrected chi connectivity index (χ0v) is 21.6. The molecule has 3 rings (SSSR count). The lowest BCUT2D eigenvalue weighted by Gasteiger charge is -2.37. The van der Waals surface area contributed by atoms with Gasteiger partial charge in [-0.05, 0) is 43.7 Å². The highest BCUT2D eigenvalue weighted by atomic mass is 19.4. The molecule has 0 unspecified atom stereocenters. The van der Waals surface area contributed by atoms with Crippen molar-refractivity contribution in [3.05, 3.63) is 64.2 Å². The molecular formula is C25H30F3N5O7. The highest BCUT2D eigenvalue weighted by Gasteiger charge is 2.38. The first kappa shape index (κ1) is 31.8. The molecule has 0 aliphatic carbocycles. The number of benzene rings is 2. The molecule has 40 heavy (non-hydrogen) atoms. The Kier molecular flexibility index (Phi) is 12.1. The number of hydrogen-bond acceptors (Lipinski definition) is 7. The maximum absolute atomic E-state index is 11.3. The number of carbonyl (C=O) groups is 2. The fourth-order valence-corrected chi connectivity index (χ4v) is 3.54. The van der Waals surface area contributed by atoms with Crippen molar-refractivity contribution < 1.29 is 42.6 Å². The summed E-state index contributed by atoms with van der Waals surface area (Å²) in [7, 11) is 0. The summed E-state index contributed by atoms with van der Waals surface area (Å²) in [6, 6.07) is 13.2. The summed E-state index contributed by atoms with van der Waals surface area (Å²) in [4.78, 5) is 39.7. The number of hydrogen-bond donors (Lipinski definition) is 3. The van der Waals surface area contributed by atoms with Crippen molar-refractivity contribution in [3.63, 3.8) is 0 Å². The summed E-state index contributed by atoms with van der Waals surface area (Å²) in [6.45, 7) is 6.70. The van der Waals surface area contributed by atoms with Gasteiger partial charge in [-0.3, -0.25) is 15.1 Å². The van der Waals surface area contributed by atoms with Crippen molar-refractivity contribution in [2.45, 2.75) is 19.5 Å². The minimum atomic E-state index is -5.08. The van der Waals surface area contributed by atoms with E-state index in [1.165, 1.54) is 12.1 Å². The van der Waals surface area contributed by atoms with E-state index in [1.807, 2.05) is 13.0 Å². The Balaban J connectivity index is 0.000000708. The minimum Gasteiger partial charge on any atom is -0.478 e. The van der Waals surface area contributed by atoms with E-state index in [2.05, 4.69) is 15.1 Å². The van der Waals surface area contributed by atoms with Crippen molar-refractivity contribution in [2.24, 2.45) is 4.99 Å². The molecule has 2 aromatic carbocycles. The van der Waals surface area contributed by atoms with Crippen LogP contribution in [0, 0.1) is 10.1 Å². The molecule has 0 atom stereocenters. The third kappa shape index (κ3) is 10.4. The number of aliphatic carboxylic acids is 1. The van der Waals surface area contributed by atoms with Crippen LogP contribution in [0.4, 0.5) is 30.2 Å². The molecular weight excluding hydrogens is 539 g/mol. The number of nitro groups is 1. The van der Waals surface area contributed by atoms with Crippen LogP contribution in [-0.2, 0) is 9.53 Å². The molecule has 218 valence electrons.